The van der Waals surface area contributed by atoms with Crippen LogP contribution in [0.5, 0.6) is 0 Å². The van der Waals surface area contributed by atoms with Gasteiger partial charge < -0.3 is 10.2 Å². The molecule has 0 unspecified atom stereocenters. The van der Waals surface area contributed by atoms with E-state index < -0.39 is 0 Å². The monoisotopic (exact) mass is 246 g/mol. The van der Waals surface area contributed by atoms with Crippen molar-refractivity contribution < 1.29 is 0 Å². The van der Waals surface area contributed by atoms with E-state index in [2.05, 4.69) is 44.2 Å². The quantitative estimate of drug-likeness (QED) is 0.843. The molecule has 0 saturated carbocycles. The molecule has 1 fully saturated rings. The highest BCUT2D eigenvalue weighted by molar-refractivity contribution is 5.87. The van der Waals surface area contributed by atoms with Crippen LogP contribution in [0.3, 0.4) is 0 Å². The number of nitrogens with zero attached hydrogens (tertiary/aromatic N) is 4. The number of aromatic nitrogens is 4. The Morgan fingerprint density at radius 3 is 2.89 bits per heavy atom. The Bertz CT molecular complexity index is 573. The summed E-state index contributed by atoms with van der Waals surface area (Å²) in [6.45, 7) is 6.64. The first-order valence-corrected chi connectivity index (χ1v) is 6.23. The van der Waals surface area contributed by atoms with Gasteiger partial charge in [0.05, 0.1) is 11.6 Å². The molecule has 3 heterocycles. The molecule has 1 aliphatic heterocycles. The van der Waals surface area contributed by atoms with E-state index in [1.54, 1.807) is 6.20 Å². The molecular formula is C12H18N6. The van der Waals surface area contributed by atoms with Crippen molar-refractivity contribution in [3.8, 4) is 0 Å². The third-order valence-electron chi connectivity index (χ3n) is 3.49. The Morgan fingerprint density at radius 2 is 2.22 bits per heavy atom. The van der Waals surface area contributed by atoms with Gasteiger partial charge in [0.2, 0.25) is 5.95 Å². The minimum Gasteiger partial charge on any atom is -0.357 e. The van der Waals surface area contributed by atoms with Gasteiger partial charge >= 0.3 is 0 Å². The molecule has 0 aromatic carbocycles. The van der Waals surface area contributed by atoms with Crippen LogP contribution in [0.25, 0.3) is 11.0 Å². The smallest absolute Gasteiger partial charge is 0.226 e. The van der Waals surface area contributed by atoms with Crippen LogP contribution < -0.4 is 10.2 Å². The van der Waals surface area contributed by atoms with Gasteiger partial charge in [-0.3, -0.25) is 5.10 Å². The van der Waals surface area contributed by atoms with Gasteiger partial charge in [-0.15, -0.1) is 0 Å². The molecule has 0 radical (unpaired) electrons. The molecule has 96 valence electrons. The van der Waals surface area contributed by atoms with Crippen LogP contribution in [0.2, 0.25) is 0 Å². The number of hydrogen-bond donors (Lipinski definition) is 2. The fraction of sp³-hybridized carbons (Fsp3) is 0.583. The summed E-state index contributed by atoms with van der Waals surface area (Å²) in [4.78, 5) is 11.3. The molecule has 18 heavy (non-hydrogen) atoms. The number of nitrogens with one attached hydrogen (secondary N) is 2. The van der Waals surface area contributed by atoms with Crippen LogP contribution in [-0.2, 0) is 0 Å². The minimum absolute atomic E-state index is 0.348. The summed E-state index contributed by atoms with van der Waals surface area (Å²) in [6.07, 6.45) is 2.99. The lowest BCUT2D eigenvalue weighted by molar-refractivity contribution is 0.418. The van der Waals surface area contributed by atoms with Crippen molar-refractivity contribution in [2.75, 3.05) is 30.4 Å². The van der Waals surface area contributed by atoms with Crippen molar-refractivity contribution in [3.05, 3.63) is 6.20 Å². The first kappa shape index (κ1) is 11.3. The highest BCUT2D eigenvalue weighted by atomic mass is 15.3. The summed E-state index contributed by atoms with van der Waals surface area (Å²) in [5.41, 5.74) is 1.13. The molecule has 6 nitrogen and oxygen atoms in total. The van der Waals surface area contributed by atoms with E-state index in [4.69, 9.17) is 0 Å². The maximum atomic E-state index is 4.58. The molecular weight excluding hydrogens is 228 g/mol. The number of fused-ring (bicyclic) bond motifs is 1. The van der Waals surface area contributed by atoms with Crippen molar-refractivity contribution in [3.63, 3.8) is 0 Å². The van der Waals surface area contributed by atoms with Crippen molar-refractivity contribution >= 4 is 22.8 Å². The first-order chi connectivity index (χ1) is 8.59. The predicted molar refractivity (Wildman–Crippen MR) is 71.8 cm³/mol. The van der Waals surface area contributed by atoms with Crippen LogP contribution in [0.4, 0.5) is 11.8 Å². The SMILES string of the molecule is CNc1nc(N2CCC(C)(C)C2)c2cn[nH]c2n1. The summed E-state index contributed by atoms with van der Waals surface area (Å²) in [6, 6.07) is 0. The van der Waals surface area contributed by atoms with E-state index in [1.165, 1.54) is 6.42 Å². The number of aromatic amines is 1. The Morgan fingerprint density at radius 1 is 1.39 bits per heavy atom. The van der Waals surface area contributed by atoms with E-state index in [0.29, 0.717) is 11.4 Å². The van der Waals surface area contributed by atoms with Gasteiger partial charge in [0.1, 0.15) is 5.82 Å². The molecule has 1 saturated heterocycles. The lowest BCUT2D eigenvalue weighted by atomic mass is 9.93. The van der Waals surface area contributed by atoms with Gasteiger partial charge in [0, 0.05) is 20.1 Å². The number of H-pyrrole nitrogens is 1. The van der Waals surface area contributed by atoms with Crippen molar-refractivity contribution in [2.24, 2.45) is 5.41 Å². The molecule has 3 rings (SSSR count). The first-order valence-electron chi connectivity index (χ1n) is 6.23. The number of anilines is 2. The maximum Gasteiger partial charge on any atom is 0.226 e. The molecule has 2 N–H and O–H groups in total. The molecule has 0 spiro atoms. The minimum atomic E-state index is 0.348. The lowest BCUT2D eigenvalue weighted by Crippen LogP contribution is -2.24. The highest BCUT2D eigenvalue weighted by Gasteiger charge is 2.31. The zero-order valence-electron chi connectivity index (χ0n) is 11.0. The molecule has 1 aliphatic rings. The zero-order valence-corrected chi connectivity index (χ0v) is 11.0. The fourth-order valence-corrected chi connectivity index (χ4v) is 2.47. The molecule has 2 aromatic heterocycles. The summed E-state index contributed by atoms with van der Waals surface area (Å²) in [7, 11) is 1.83. The van der Waals surface area contributed by atoms with Crippen LogP contribution in [0.1, 0.15) is 20.3 Å². The molecule has 2 aromatic rings. The Labute approximate surface area is 106 Å². The van der Waals surface area contributed by atoms with Crippen molar-refractivity contribution in [2.45, 2.75) is 20.3 Å². The molecule has 6 heteroatoms. The molecule has 0 amide bonds. The highest BCUT2D eigenvalue weighted by Crippen LogP contribution is 2.34. The summed E-state index contributed by atoms with van der Waals surface area (Å²) in [5, 5.41) is 11.0. The Hall–Kier alpha value is -1.85. The lowest BCUT2D eigenvalue weighted by Gasteiger charge is -2.21. The predicted octanol–water partition coefficient (Wildman–Crippen LogP) is 1.63. The number of hydrogen-bond acceptors (Lipinski definition) is 5. The van der Waals surface area contributed by atoms with E-state index >= 15 is 0 Å². The summed E-state index contributed by atoms with van der Waals surface area (Å²) < 4.78 is 0. The van der Waals surface area contributed by atoms with Crippen LogP contribution in [0.15, 0.2) is 6.20 Å². The number of rotatable bonds is 2. The Balaban J connectivity index is 2.07. The molecule has 0 atom stereocenters. The average molecular weight is 246 g/mol. The van der Waals surface area contributed by atoms with Gasteiger partial charge in [-0.1, -0.05) is 13.8 Å². The summed E-state index contributed by atoms with van der Waals surface area (Å²) in [5.74, 6) is 1.61. The van der Waals surface area contributed by atoms with Gasteiger partial charge in [0.25, 0.3) is 0 Å². The molecule has 0 aliphatic carbocycles. The second-order valence-corrected chi connectivity index (χ2v) is 5.59. The van der Waals surface area contributed by atoms with Crippen LogP contribution in [0, 0.1) is 5.41 Å². The van der Waals surface area contributed by atoms with Gasteiger partial charge in [-0.25, -0.2) is 0 Å². The second kappa shape index (κ2) is 3.83. The van der Waals surface area contributed by atoms with Crippen molar-refractivity contribution in [1.29, 1.82) is 0 Å². The molecule has 0 bridgehead atoms. The Kier molecular flexibility index (Phi) is 2.39. The van der Waals surface area contributed by atoms with Gasteiger partial charge in [-0.2, -0.15) is 15.1 Å². The third kappa shape index (κ3) is 1.77. The topological polar surface area (TPSA) is 69.7 Å². The second-order valence-electron chi connectivity index (χ2n) is 5.59. The largest absolute Gasteiger partial charge is 0.357 e. The average Bonchev–Trinajstić information content (AvgIpc) is 2.93. The van der Waals surface area contributed by atoms with E-state index in [9.17, 15) is 0 Å². The normalized spacial score (nSPS) is 18.5. The third-order valence-corrected chi connectivity index (χ3v) is 3.49. The zero-order chi connectivity index (χ0) is 12.8. The van der Waals surface area contributed by atoms with Crippen LogP contribution >= 0.6 is 0 Å². The fourth-order valence-electron chi connectivity index (χ4n) is 2.47. The standard InChI is InChI=1S/C12H18N6/c1-12(2)4-5-18(7-12)10-8-6-14-17-9(8)15-11(13-3)16-10/h6H,4-5,7H2,1-3H3,(H2,13,14,15,16,17). The van der Waals surface area contributed by atoms with Gasteiger partial charge in [0.15, 0.2) is 5.65 Å². The van der Waals surface area contributed by atoms with Gasteiger partial charge in [-0.05, 0) is 11.8 Å². The maximum absolute atomic E-state index is 4.58. The van der Waals surface area contributed by atoms with Crippen LogP contribution in [-0.4, -0.2) is 40.3 Å². The summed E-state index contributed by atoms with van der Waals surface area (Å²) >= 11 is 0. The van der Waals surface area contributed by atoms with E-state index in [-0.39, 0.29) is 0 Å². The van der Waals surface area contributed by atoms with Crippen molar-refractivity contribution in [1.82, 2.24) is 20.2 Å². The van der Waals surface area contributed by atoms with E-state index in [1.807, 2.05) is 7.05 Å². The van der Waals surface area contributed by atoms with E-state index in [0.717, 1.165) is 29.9 Å².